The van der Waals surface area contributed by atoms with Crippen LogP contribution in [-0.2, 0) is 0 Å². The van der Waals surface area contributed by atoms with Crippen molar-refractivity contribution in [1.82, 2.24) is 4.98 Å². The van der Waals surface area contributed by atoms with Crippen molar-refractivity contribution in [2.75, 3.05) is 0 Å². The average molecular weight is 228 g/mol. The predicted octanol–water partition coefficient (Wildman–Crippen LogP) is 2.97. The topological polar surface area (TPSA) is 53.1 Å². The number of carboxylic acid groups (broad SMARTS) is 1. The van der Waals surface area contributed by atoms with Crippen LogP contribution in [0.25, 0.3) is 10.9 Å². The number of aromatic nitrogens is 1. The molecule has 2 N–H and O–H groups in total. The summed E-state index contributed by atoms with van der Waals surface area (Å²) in [5, 5.41) is 9.35. The third-order valence-corrected chi connectivity index (χ3v) is 2.63. The van der Waals surface area contributed by atoms with E-state index in [0.717, 1.165) is 0 Å². The van der Waals surface area contributed by atoms with Crippen LogP contribution in [0.1, 0.15) is 16.1 Å². The molecule has 2 rings (SSSR count). The van der Waals surface area contributed by atoms with Crippen molar-refractivity contribution in [1.29, 1.82) is 0 Å². The average Bonchev–Trinajstić information content (AvgIpc) is 2.51. The number of H-pyrrole nitrogens is 1. The van der Waals surface area contributed by atoms with Gasteiger partial charge in [-0.15, -0.1) is 0 Å². The molecule has 0 radical (unpaired) electrons. The summed E-state index contributed by atoms with van der Waals surface area (Å²) in [6.45, 7) is 1.62. The van der Waals surface area contributed by atoms with E-state index in [2.05, 4.69) is 4.98 Å². The van der Waals surface area contributed by atoms with E-state index < -0.39 is 11.8 Å². The van der Waals surface area contributed by atoms with Crippen molar-refractivity contribution in [3.05, 3.63) is 34.2 Å². The molecule has 0 unspecified atom stereocenters. The van der Waals surface area contributed by atoms with E-state index >= 15 is 0 Å². The lowest BCUT2D eigenvalue weighted by molar-refractivity contribution is 0.0691. The quantitative estimate of drug-likeness (QED) is 0.787. The zero-order chi connectivity index (χ0) is 11.2. The van der Waals surface area contributed by atoms with E-state index in [1.54, 1.807) is 13.0 Å². The molecule has 0 saturated heterocycles. The third-order valence-electron chi connectivity index (χ3n) is 2.34. The predicted molar refractivity (Wildman–Crippen MR) is 55.0 cm³/mol. The zero-order valence-electron chi connectivity index (χ0n) is 7.77. The minimum absolute atomic E-state index is 0.00818. The first-order chi connectivity index (χ1) is 7.02. The highest BCUT2D eigenvalue weighted by Gasteiger charge is 2.16. The SMILES string of the molecule is Cc1c(C(=O)O)[nH]c2c(F)c(Cl)ccc12. The van der Waals surface area contributed by atoms with Crippen molar-refractivity contribution in [2.45, 2.75) is 6.92 Å². The largest absolute Gasteiger partial charge is 0.477 e. The highest BCUT2D eigenvalue weighted by molar-refractivity contribution is 6.31. The lowest BCUT2D eigenvalue weighted by Crippen LogP contribution is -1.98. The summed E-state index contributed by atoms with van der Waals surface area (Å²) in [6.07, 6.45) is 0. The van der Waals surface area contributed by atoms with Crippen LogP contribution in [0.4, 0.5) is 4.39 Å². The number of hydrogen-bond donors (Lipinski definition) is 2. The molecular weight excluding hydrogens is 221 g/mol. The Labute approximate surface area is 89.5 Å². The van der Waals surface area contributed by atoms with Gasteiger partial charge in [-0.3, -0.25) is 0 Å². The van der Waals surface area contributed by atoms with Gasteiger partial charge in [0.25, 0.3) is 0 Å². The van der Waals surface area contributed by atoms with E-state index in [1.165, 1.54) is 6.07 Å². The normalized spacial score (nSPS) is 10.9. The maximum atomic E-state index is 13.5. The lowest BCUT2D eigenvalue weighted by atomic mass is 10.1. The van der Waals surface area contributed by atoms with Crippen LogP contribution in [0.2, 0.25) is 5.02 Å². The number of hydrogen-bond acceptors (Lipinski definition) is 1. The highest BCUT2D eigenvalue weighted by atomic mass is 35.5. The van der Waals surface area contributed by atoms with Crippen LogP contribution in [0, 0.1) is 12.7 Å². The Balaban J connectivity index is 2.88. The van der Waals surface area contributed by atoms with Crippen LogP contribution in [0.3, 0.4) is 0 Å². The molecule has 0 aliphatic heterocycles. The summed E-state index contributed by atoms with van der Waals surface area (Å²) < 4.78 is 13.5. The van der Waals surface area contributed by atoms with Gasteiger partial charge in [0.2, 0.25) is 0 Å². The van der Waals surface area contributed by atoms with E-state index in [0.29, 0.717) is 10.9 Å². The maximum absolute atomic E-state index is 13.5. The van der Waals surface area contributed by atoms with Gasteiger partial charge < -0.3 is 10.1 Å². The first kappa shape index (κ1) is 9.98. The minimum atomic E-state index is -1.11. The first-order valence-corrected chi connectivity index (χ1v) is 4.59. The van der Waals surface area contributed by atoms with Crippen molar-refractivity contribution in [3.8, 4) is 0 Å². The van der Waals surface area contributed by atoms with Crippen molar-refractivity contribution < 1.29 is 14.3 Å². The van der Waals surface area contributed by atoms with Gasteiger partial charge in [-0.2, -0.15) is 0 Å². The summed E-state index contributed by atoms with van der Waals surface area (Å²) in [6, 6.07) is 3.00. The molecule has 78 valence electrons. The van der Waals surface area contributed by atoms with Crippen molar-refractivity contribution in [3.63, 3.8) is 0 Å². The van der Waals surface area contributed by atoms with Crippen LogP contribution in [0.5, 0.6) is 0 Å². The summed E-state index contributed by atoms with van der Waals surface area (Å²) >= 11 is 5.59. The number of nitrogens with one attached hydrogen (secondary N) is 1. The van der Waals surface area contributed by atoms with Gasteiger partial charge in [-0.1, -0.05) is 17.7 Å². The molecule has 1 aromatic carbocycles. The Morgan fingerprint density at radius 1 is 1.53 bits per heavy atom. The van der Waals surface area contributed by atoms with Gasteiger partial charge in [0, 0.05) is 5.39 Å². The summed E-state index contributed by atoms with van der Waals surface area (Å²) in [4.78, 5) is 13.3. The fraction of sp³-hybridized carbons (Fsp3) is 0.100. The molecule has 15 heavy (non-hydrogen) atoms. The molecule has 2 aromatic rings. The van der Waals surface area contributed by atoms with Crippen molar-refractivity contribution >= 4 is 28.5 Å². The van der Waals surface area contributed by atoms with Crippen LogP contribution in [-0.4, -0.2) is 16.1 Å². The van der Waals surface area contributed by atoms with E-state index in [4.69, 9.17) is 16.7 Å². The van der Waals surface area contributed by atoms with Gasteiger partial charge in [0.05, 0.1) is 10.5 Å². The molecule has 0 atom stereocenters. The number of aromatic amines is 1. The fourth-order valence-corrected chi connectivity index (χ4v) is 1.71. The molecule has 1 aromatic heterocycles. The molecule has 0 fully saturated rings. The van der Waals surface area contributed by atoms with Gasteiger partial charge >= 0.3 is 5.97 Å². The second-order valence-electron chi connectivity index (χ2n) is 3.21. The van der Waals surface area contributed by atoms with Crippen LogP contribution in [0.15, 0.2) is 12.1 Å². The number of aryl methyl sites for hydroxylation is 1. The molecule has 0 aliphatic carbocycles. The Morgan fingerprint density at radius 3 is 2.80 bits per heavy atom. The number of carboxylic acids is 1. The number of fused-ring (bicyclic) bond motifs is 1. The second kappa shape index (κ2) is 3.24. The Bertz CT molecular complexity index is 562. The number of carbonyl (C=O) groups is 1. The minimum Gasteiger partial charge on any atom is -0.477 e. The van der Waals surface area contributed by atoms with Crippen LogP contribution >= 0.6 is 11.6 Å². The molecule has 3 nitrogen and oxygen atoms in total. The monoisotopic (exact) mass is 227 g/mol. The molecule has 0 aliphatic rings. The molecule has 0 amide bonds. The second-order valence-corrected chi connectivity index (χ2v) is 3.62. The molecule has 0 bridgehead atoms. The summed E-state index contributed by atoms with van der Waals surface area (Å²) in [5.41, 5.74) is 0.636. The molecule has 0 saturated carbocycles. The molecule has 1 heterocycles. The van der Waals surface area contributed by atoms with E-state index in [9.17, 15) is 9.18 Å². The van der Waals surface area contributed by atoms with Crippen LogP contribution < -0.4 is 0 Å². The summed E-state index contributed by atoms with van der Waals surface area (Å²) in [7, 11) is 0. The molecule has 5 heteroatoms. The third kappa shape index (κ3) is 1.37. The first-order valence-electron chi connectivity index (χ1n) is 4.22. The Kier molecular flexibility index (Phi) is 2.16. The lowest BCUT2D eigenvalue weighted by Gasteiger charge is -1.95. The number of benzene rings is 1. The van der Waals surface area contributed by atoms with E-state index in [-0.39, 0.29) is 16.2 Å². The zero-order valence-corrected chi connectivity index (χ0v) is 8.52. The Hall–Kier alpha value is -1.55. The van der Waals surface area contributed by atoms with E-state index in [1.807, 2.05) is 0 Å². The van der Waals surface area contributed by atoms with Gasteiger partial charge in [-0.05, 0) is 18.6 Å². The number of rotatable bonds is 1. The van der Waals surface area contributed by atoms with Gasteiger partial charge in [0.1, 0.15) is 5.69 Å². The smallest absolute Gasteiger partial charge is 0.352 e. The van der Waals surface area contributed by atoms with Crippen molar-refractivity contribution in [2.24, 2.45) is 0 Å². The van der Waals surface area contributed by atoms with Gasteiger partial charge in [0.15, 0.2) is 5.82 Å². The molecular formula is C10H7ClFNO2. The Morgan fingerprint density at radius 2 is 2.20 bits per heavy atom. The number of aromatic carboxylic acids is 1. The van der Waals surface area contributed by atoms with Gasteiger partial charge in [-0.25, -0.2) is 9.18 Å². The maximum Gasteiger partial charge on any atom is 0.352 e. The standard InChI is InChI=1S/C10H7ClFNO2/c1-4-5-2-3-6(11)7(12)9(5)13-8(4)10(14)15/h2-3,13H,1H3,(H,14,15). The number of halogens is 2. The summed E-state index contributed by atoms with van der Waals surface area (Å²) in [5.74, 6) is -1.73. The fourth-order valence-electron chi connectivity index (χ4n) is 1.55. The molecule has 0 spiro atoms. The highest BCUT2D eigenvalue weighted by Crippen LogP contribution is 2.28.